The average molecular weight is 372 g/mol. The molecule has 0 aliphatic carbocycles. The van der Waals surface area contributed by atoms with Gasteiger partial charge in [-0.2, -0.15) is 0 Å². The number of furan rings is 1. The van der Waals surface area contributed by atoms with E-state index in [-0.39, 0.29) is 23.7 Å². The maximum atomic E-state index is 12.1. The summed E-state index contributed by atoms with van der Waals surface area (Å²) >= 11 is 0. The van der Waals surface area contributed by atoms with E-state index in [2.05, 4.69) is 10.6 Å². The van der Waals surface area contributed by atoms with Gasteiger partial charge in [-0.25, -0.2) is 0 Å². The number of hydrogen-bond acceptors (Lipinski definition) is 5. The molecule has 3 rings (SSSR count). The molecule has 0 radical (unpaired) electrons. The maximum Gasteiger partial charge on any atom is 0.291 e. The molecule has 2 amide bonds. The number of hydrogen-bond donors (Lipinski definition) is 2. The van der Waals surface area contributed by atoms with Gasteiger partial charge in [-0.3, -0.25) is 9.59 Å². The second-order valence-corrected chi connectivity index (χ2v) is 6.33. The smallest absolute Gasteiger partial charge is 0.291 e. The highest BCUT2D eigenvalue weighted by Crippen LogP contribution is 2.13. The Morgan fingerprint density at radius 3 is 2.70 bits per heavy atom. The van der Waals surface area contributed by atoms with Gasteiger partial charge in [0.1, 0.15) is 0 Å². The molecule has 0 bridgehead atoms. The summed E-state index contributed by atoms with van der Waals surface area (Å²) in [5.74, 6) is -0.253. The van der Waals surface area contributed by atoms with Crippen molar-refractivity contribution >= 4 is 17.5 Å². The number of anilines is 1. The molecule has 0 spiro atoms. The number of rotatable bonds is 9. The van der Waals surface area contributed by atoms with E-state index in [9.17, 15) is 9.59 Å². The third-order valence-corrected chi connectivity index (χ3v) is 4.23. The van der Waals surface area contributed by atoms with E-state index in [1.165, 1.54) is 6.26 Å². The molecule has 7 heteroatoms. The summed E-state index contributed by atoms with van der Waals surface area (Å²) in [6.07, 6.45) is 4.59. The van der Waals surface area contributed by atoms with Crippen molar-refractivity contribution in [2.75, 3.05) is 31.7 Å². The lowest BCUT2D eigenvalue weighted by Gasteiger charge is -2.10. The molecule has 7 nitrogen and oxygen atoms in total. The summed E-state index contributed by atoms with van der Waals surface area (Å²) < 4.78 is 16.1. The molecular formula is C20H24N2O5. The van der Waals surface area contributed by atoms with Crippen LogP contribution in [0.15, 0.2) is 47.1 Å². The van der Waals surface area contributed by atoms with Crippen LogP contribution in [-0.4, -0.2) is 44.3 Å². The first-order valence-corrected chi connectivity index (χ1v) is 9.15. The molecule has 2 heterocycles. The Balaban J connectivity index is 1.34. The van der Waals surface area contributed by atoms with Crippen LogP contribution in [0.3, 0.4) is 0 Å². The Kier molecular flexibility index (Phi) is 7.01. The zero-order valence-corrected chi connectivity index (χ0v) is 15.1. The van der Waals surface area contributed by atoms with Crippen molar-refractivity contribution < 1.29 is 23.5 Å². The highest BCUT2D eigenvalue weighted by molar-refractivity contribution is 6.02. The van der Waals surface area contributed by atoms with E-state index in [0.29, 0.717) is 31.0 Å². The van der Waals surface area contributed by atoms with Crippen molar-refractivity contribution in [3.05, 3.63) is 54.0 Å². The highest BCUT2D eigenvalue weighted by atomic mass is 16.5. The monoisotopic (exact) mass is 372 g/mol. The molecule has 1 unspecified atom stereocenters. The van der Waals surface area contributed by atoms with Crippen LogP contribution < -0.4 is 10.6 Å². The molecule has 1 aliphatic rings. The zero-order valence-electron chi connectivity index (χ0n) is 15.1. The Bertz CT molecular complexity index is 721. The first kappa shape index (κ1) is 19.1. The van der Waals surface area contributed by atoms with Gasteiger partial charge in [-0.05, 0) is 55.7 Å². The summed E-state index contributed by atoms with van der Waals surface area (Å²) in [5, 5.41) is 5.57. The molecule has 1 saturated heterocycles. The molecule has 1 aromatic heterocycles. The standard InChI is InChI=1S/C20H24N2O5/c23-19(21-10-3-11-25-14-17-4-1-12-26-17)15-6-8-16(9-7-15)22-20(24)18-5-2-13-27-18/h2,5-9,13,17H,1,3-4,10-12,14H2,(H,21,23)(H,22,24). The predicted octanol–water partition coefficient (Wildman–Crippen LogP) is 2.85. The molecule has 2 aromatic rings. The van der Waals surface area contributed by atoms with Gasteiger partial charge in [0, 0.05) is 31.0 Å². The summed E-state index contributed by atoms with van der Waals surface area (Å²) in [5.41, 5.74) is 1.13. The van der Waals surface area contributed by atoms with E-state index in [1.807, 2.05) is 0 Å². The largest absolute Gasteiger partial charge is 0.459 e. The van der Waals surface area contributed by atoms with Crippen molar-refractivity contribution in [2.45, 2.75) is 25.4 Å². The van der Waals surface area contributed by atoms with Gasteiger partial charge < -0.3 is 24.5 Å². The van der Waals surface area contributed by atoms with Gasteiger partial charge >= 0.3 is 0 Å². The summed E-state index contributed by atoms with van der Waals surface area (Å²) in [7, 11) is 0. The minimum Gasteiger partial charge on any atom is -0.459 e. The number of carbonyl (C=O) groups is 2. The molecule has 0 saturated carbocycles. The SMILES string of the molecule is O=C(NCCCOCC1CCCO1)c1ccc(NC(=O)c2ccco2)cc1. The van der Waals surface area contributed by atoms with Crippen LogP contribution >= 0.6 is 0 Å². The third-order valence-electron chi connectivity index (χ3n) is 4.23. The van der Waals surface area contributed by atoms with Gasteiger partial charge in [-0.1, -0.05) is 0 Å². The summed E-state index contributed by atoms with van der Waals surface area (Å²) in [6.45, 7) is 2.59. The molecule has 1 aliphatic heterocycles. The number of benzene rings is 1. The molecule has 1 aromatic carbocycles. The first-order valence-electron chi connectivity index (χ1n) is 9.15. The van der Waals surface area contributed by atoms with Crippen molar-refractivity contribution in [2.24, 2.45) is 0 Å². The predicted molar refractivity (Wildman–Crippen MR) is 99.8 cm³/mol. The van der Waals surface area contributed by atoms with Crippen LogP contribution in [0.4, 0.5) is 5.69 Å². The average Bonchev–Trinajstić information content (AvgIpc) is 3.38. The van der Waals surface area contributed by atoms with Gasteiger partial charge in [0.05, 0.1) is 19.0 Å². The number of amides is 2. The van der Waals surface area contributed by atoms with Crippen LogP contribution in [0.1, 0.15) is 40.2 Å². The molecule has 2 N–H and O–H groups in total. The quantitative estimate of drug-likeness (QED) is 0.661. The van der Waals surface area contributed by atoms with Crippen LogP contribution in [0.2, 0.25) is 0 Å². The Morgan fingerprint density at radius 2 is 2.00 bits per heavy atom. The van der Waals surface area contributed by atoms with E-state index < -0.39 is 0 Å². The van der Waals surface area contributed by atoms with Gasteiger partial charge in [0.2, 0.25) is 0 Å². The Morgan fingerprint density at radius 1 is 1.15 bits per heavy atom. The minimum atomic E-state index is -0.333. The molecule has 27 heavy (non-hydrogen) atoms. The number of nitrogens with one attached hydrogen (secondary N) is 2. The van der Waals surface area contributed by atoms with Crippen molar-refractivity contribution in [3.63, 3.8) is 0 Å². The molecule has 144 valence electrons. The van der Waals surface area contributed by atoms with Crippen molar-refractivity contribution in [1.82, 2.24) is 5.32 Å². The lowest BCUT2D eigenvalue weighted by atomic mass is 10.2. The molecule has 1 atom stereocenters. The lowest BCUT2D eigenvalue weighted by Crippen LogP contribution is -2.25. The fraction of sp³-hybridized carbons (Fsp3) is 0.400. The molecular weight excluding hydrogens is 348 g/mol. The van der Waals surface area contributed by atoms with Crippen LogP contribution in [0.25, 0.3) is 0 Å². The van der Waals surface area contributed by atoms with Gasteiger partial charge in [0.15, 0.2) is 5.76 Å². The normalized spacial score (nSPS) is 16.2. The fourth-order valence-corrected chi connectivity index (χ4v) is 2.77. The maximum absolute atomic E-state index is 12.1. The second-order valence-electron chi connectivity index (χ2n) is 6.33. The van der Waals surface area contributed by atoms with Crippen molar-refractivity contribution in [1.29, 1.82) is 0 Å². The number of carbonyl (C=O) groups excluding carboxylic acids is 2. The number of ether oxygens (including phenoxy) is 2. The molecule has 1 fully saturated rings. The van der Waals surface area contributed by atoms with E-state index in [4.69, 9.17) is 13.9 Å². The van der Waals surface area contributed by atoms with Crippen LogP contribution in [-0.2, 0) is 9.47 Å². The van der Waals surface area contributed by atoms with Crippen LogP contribution in [0.5, 0.6) is 0 Å². The summed E-state index contributed by atoms with van der Waals surface area (Å²) in [6, 6.07) is 9.93. The Hall–Kier alpha value is -2.64. The van der Waals surface area contributed by atoms with E-state index in [0.717, 1.165) is 25.9 Å². The van der Waals surface area contributed by atoms with Crippen molar-refractivity contribution in [3.8, 4) is 0 Å². The fourth-order valence-electron chi connectivity index (χ4n) is 2.77. The van der Waals surface area contributed by atoms with Crippen LogP contribution in [0, 0.1) is 0 Å². The topological polar surface area (TPSA) is 89.8 Å². The van der Waals surface area contributed by atoms with Gasteiger partial charge in [-0.15, -0.1) is 0 Å². The minimum absolute atomic E-state index is 0.155. The third kappa shape index (κ3) is 5.94. The first-order chi connectivity index (χ1) is 13.2. The zero-order chi connectivity index (χ0) is 18.9. The summed E-state index contributed by atoms with van der Waals surface area (Å²) in [4.78, 5) is 24.0. The van der Waals surface area contributed by atoms with E-state index >= 15 is 0 Å². The Labute approximate surface area is 158 Å². The van der Waals surface area contributed by atoms with Gasteiger partial charge in [0.25, 0.3) is 11.8 Å². The lowest BCUT2D eigenvalue weighted by molar-refractivity contribution is 0.0166. The second kappa shape index (κ2) is 9.89. The highest BCUT2D eigenvalue weighted by Gasteiger charge is 2.15. The van der Waals surface area contributed by atoms with E-state index in [1.54, 1.807) is 36.4 Å².